The largest absolute Gasteiger partial charge is 0.478 e. The maximum atomic E-state index is 10.8. The number of fused-ring (bicyclic) bond motifs is 1. The first-order chi connectivity index (χ1) is 9.16. The number of hydrogen-bond acceptors (Lipinski definition) is 2. The highest BCUT2D eigenvalue weighted by Crippen LogP contribution is 2.28. The SMILES string of the molecule is N=C1c2ccccc2CN1c1ccc(C(=O)O)cc1. The molecular formula is C15H12N2O2. The van der Waals surface area contributed by atoms with Gasteiger partial charge in [-0.15, -0.1) is 0 Å². The van der Waals surface area contributed by atoms with Gasteiger partial charge in [-0.1, -0.05) is 24.3 Å². The molecule has 1 aliphatic heterocycles. The highest BCUT2D eigenvalue weighted by molar-refractivity contribution is 6.11. The van der Waals surface area contributed by atoms with Crippen molar-refractivity contribution in [1.29, 1.82) is 5.41 Å². The molecule has 0 aromatic heterocycles. The fraction of sp³-hybridized carbons (Fsp3) is 0.0667. The van der Waals surface area contributed by atoms with Gasteiger partial charge in [-0.05, 0) is 29.8 Å². The molecule has 3 rings (SSSR count). The predicted molar refractivity (Wildman–Crippen MR) is 72.9 cm³/mol. The minimum absolute atomic E-state index is 0.256. The van der Waals surface area contributed by atoms with Crippen LogP contribution >= 0.6 is 0 Å². The van der Waals surface area contributed by atoms with E-state index >= 15 is 0 Å². The molecular weight excluding hydrogens is 240 g/mol. The number of hydrogen-bond donors (Lipinski definition) is 2. The van der Waals surface area contributed by atoms with Crippen LogP contribution in [0.2, 0.25) is 0 Å². The van der Waals surface area contributed by atoms with Crippen LogP contribution < -0.4 is 4.90 Å². The Labute approximate surface area is 110 Å². The number of anilines is 1. The molecule has 94 valence electrons. The summed E-state index contributed by atoms with van der Waals surface area (Å²) in [5.74, 6) is -0.481. The molecule has 0 saturated carbocycles. The summed E-state index contributed by atoms with van der Waals surface area (Å²) in [5, 5.41) is 17.1. The third-order valence-corrected chi connectivity index (χ3v) is 3.30. The topological polar surface area (TPSA) is 64.4 Å². The minimum atomic E-state index is -0.939. The average molecular weight is 252 g/mol. The molecule has 0 unspecified atom stereocenters. The van der Waals surface area contributed by atoms with Crippen molar-refractivity contribution in [2.75, 3.05) is 4.90 Å². The van der Waals surface area contributed by atoms with Crippen molar-refractivity contribution >= 4 is 17.5 Å². The molecule has 2 N–H and O–H groups in total. The standard InChI is InChI=1S/C15H12N2O2/c16-14-13-4-2-1-3-11(13)9-17(14)12-7-5-10(6-8-12)15(18)19/h1-8,16H,9H2,(H,18,19). The van der Waals surface area contributed by atoms with Gasteiger partial charge in [-0.3, -0.25) is 5.41 Å². The van der Waals surface area contributed by atoms with Crippen molar-refractivity contribution in [2.45, 2.75) is 6.54 Å². The molecule has 19 heavy (non-hydrogen) atoms. The van der Waals surface area contributed by atoms with E-state index in [2.05, 4.69) is 0 Å². The van der Waals surface area contributed by atoms with E-state index in [4.69, 9.17) is 10.5 Å². The molecule has 0 atom stereocenters. The molecule has 0 aliphatic carbocycles. The quantitative estimate of drug-likeness (QED) is 0.863. The molecule has 0 saturated heterocycles. The zero-order valence-electron chi connectivity index (χ0n) is 10.1. The average Bonchev–Trinajstić information content (AvgIpc) is 2.77. The van der Waals surface area contributed by atoms with Crippen LogP contribution in [0.1, 0.15) is 21.5 Å². The summed E-state index contributed by atoms with van der Waals surface area (Å²) in [6.07, 6.45) is 0. The number of aromatic carboxylic acids is 1. The minimum Gasteiger partial charge on any atom is -0.478 e. The van der Waals surface area contributed by atoms with Crippen LogP contribution in [-0.4, -0.2) is 16.9 Å². The maximum Gasteiger partial charge on any atom is 0.335 e. The molecule has 0 radical (unpaired) electrons. The van der Waals surface area contributed by atoms with Gasteiger partial charge in [0.25, 0.3) is 0 Å². The molecule has 2 aromatic carbocycles. The third-order valence-electron chi connectivity index (χ3n) is 3.30. The van der Waals surface area contributed by atoms with E-state index in [0.717, 1.165) is 16.8 Å². The number of carbonyl (C=O) groups is 1. The summed E-state index contributed by atoms with van der Waals surface area (Å²) in [4.78, 5) is 12.7. The van der Waals surface area contributed by atoms with Gasteiger partial charge in [-0.2, -0.15) is 0 Å². The smallest absolute Gasteiger partial charge is 0.335 e. The number of amidine groups is 1. The number of nitrogens with one attached hydrogen (secondary N) is 1. The first kappa shape index (κ1) is 11.5. The first-order valence-electron chi connectivity index (χ1n) is 5.94. The lowest BCUT2D eigenvalue weighted by atomic mass is 10.1. The van der Waals surface area contributed by atoms with Crippen molar-refractivity contribution in [1.82, 2.24) is 0 Å². The van der Waals surface area contributed by atoms with E-state index in [1.165, 1.54) is 0 Å². The molecule has 0 fully saturated rings. The van der Waals surface area contributed by atoms with Crippen molar-refractivity contribution in [3.63, 3.8) is 0 Å². The van der Waals surface area contributed by atoms with Gasteiger partial charge in [0.1, 0.15) is 5.84 Å². The van der Waals surface area contributed by atoms with Crippen LogP contribution in [0.5, 0.6) is 0 Å². The molecule has 1 heterocycles. The summed E-state index contributed by atoms with van der Waals surface area (Å²) in [5.41, 5.74) is 3.15. The van der Waals surface area contributed by atoms with E-state index in [1.54, 1.807) is 24.3 Å². The van der Waals surface area contributed by atoms with Gasteiger partial charge in [-0.25, -0.2) is 4.79 Å². The van der Waals surface area contributed by atoms with Gasteiger partial charge in [0, 0.05) is 11.3 Å². The van der Waals surface area contributed by atoms with Crippen LogP contribution in [0.3, 0.4) is 0 Å². The van der Waals surface area contributed by atoms with Gasteiger partial charge in [0.05, 0.1) is 12.1 Å². The molecule has 2 aromatic rings. The van der Waals surface area contributed by atoms with Gasteiger partial charge < -0.3 is 10.0 Å². The van der Waals surface area contributed by atoms with E-state index in [1.807, 2.05) is 29.2 Å². The summed E-state index contributed by atoms with van der Waals surface area (Å²) < 4.78 is 0. The molecule has 0 amide bonds. The Balaban J connectivity index is 1.93. The lowest BCUT2D eigenvalue weighted by Crippen LogP contribution is -2.23. The Morgan fingerprint density at radius 3 is 2.42 bits per heavy atom. The van der Waals surface area contributed by atoms with Crippen molar-refractivity contribution in [3.8, 4) is 0 Å². The number of benzene rings is 2. The van der Waals surface area contributed by atoms with E-state index in [9.17, 15) is 4.79 Å². The second-order valence-corrected chi connectivity index (χ2v) is 4.44. The van der Waals surface area contributed by atoms with E-state index < -0.39 is 5.97 Å². The molecule has 1 aliphatic rings. The second kappa shape index (κ2) is 4.24. The monoisotopic (exact) mass is 252 g/mol. The maximum absolute atomic E-state index is 10.8. The number of rotatable bonds is 2. The Bertz CT molecular complexity index is 662. The van der Waals surface area contributed by atoms with Crippen LogP contribution in [0, 0.1) is 5.41 Å². The van der Waals surface area contributed by atoms with Gasteiger partial charge in [0.2, 0.25) is 0 Å². The number of nitrogens with zero attached hydrogens (tertiary/aromatic N) is 1. The summed E-state index contributed by atoms with van der Waals surface area (Å²) in [6, 6.07) is 14.4. The van der Waals surface area contributed by atoms with Crippen LogP contribution in [-0.2, 0) is 6.54 Å². The fourth-order valence-electron chi connectivity index (χ4n) is 2.29. The lowest BCUT2D eigenvalue weighted by Gasteiger charge is -2.18. The fourth-order valence-corrected chi connectivity index (χ4v) is 2.29. The van der Waals surface area contributed by atoms with Gasteiger partial charge in [0.15, 0.2) is 0 Å². The second-order valence-electron chi connectivity index (χ2n) is 4.44. The third kappa shape index (κ3) is 1.87. The van der Waals surface area contributed by atoms with E-state index in [0.29, 0.717) is 12.4 Å². The zero-order chi connectivity index (χ0) is 13.4. The normalized spacial score (nSPS) is 13.5. The highest BCUT2D eigenvalue weighted by Gasteiger charge is 2.24. The van der Waals surface area contributed by atoms with Crippen molar-refractivity contribution in [2.24, 2.45) is 0 Å². The Kier molecular flexibility index (Phi) is 2.56. The molecule has 4 heteroatoms. The van der Waals surface area contributed by atoms with Crippen molar-refractivity contribution < 1.29 is 9.90 Å². The Morgan fingerprint density at radius 2 is 1.79 bits per heavy atom. The summed E-state index contributed by atoms with van der Waals surface area (Å²) >= 11 is 0. The highest BCUT2D eigenvalue weighted by atomic mass is 16.4. The Morgan fingerprint density at radius 1 is 1.11 bits per heavy atom. The van der Waals surface area contributed by atoms with Crippen LogP contribution in [0.25, 0.3) is 0 Å². The Hall–Kier alpha value is -2.62. The van der Waals surface area contributed by atoms with E-state index in [-0.39, 0.29) is 5.56 Å². The van der Waals surface area contributed by atoms with Crippen LogP contribution in [0.4, 0.5) is 5.69 Å². The molecule has 4 nitrogen and oxygen atoms in total. The number of carboxylic acid groups (broad SMARTS) is 1. The predicted octanol–water partition coefficient (Wildman–Crippen LogP) is 2.73. The molecule has 0 bridgehead atoms. The summed E-state index contributed by atoms with van der Waals surface area (Å²) in [7, 11) is 0. The van der Waals surface area contributed by atoms with Crippen LogP contribution in [0.15, 0.2) is 48.5 Å². The lowest BCUT2D eigenvalue weighted by molar-refractivity contribution is 0.0697. The molecule has 0 spiro atoms. The zero-order valence-corrected chi connectivity index (χ0v) is 10.1. The first-order valence-corrected chi connectivity index (χ1v) is 5.94. The number of carboxylic acids is 1. The van der Waals surface area contributed by atoms with Crippen molar-refractivity contribution in [3.05, 3.63) is 65.2 Å². The summed E-state index contributed by atoms with van der Waals surface area (Å²) in [6.45, 7) is 0.654. The van der Waals surface area contributed by atoms with Gasteiger partial charge >= 0.3 is 5.97 Å².